The molecule has 3 aliphatic rings. The molecule has 0 aromatic heterocycles. The van der Waals surface area contributed by atoms with Crippen molar-refractivity contribution in [2.24, 2.45) is 0 Å². The number of ketones is 1. The van der Waals surface area contributed by atoms with E-state index in [1.165, 1.54) is 12.0 Å². The summed E-state index contributed by atoms with van der Waals surface area (Å²) in [5.74, 6) is 1.21. The number of hydrogen-bond acceptors (Lipinski definition) is 9. The van der Waals surface area contributed by atoms with Gasteiger partial charge in [0, 0.05) is 18.5 Å². The minimum atomic E-state index is -1.35. The fourth-order valence-corrected chi connectivity index (χ4v) is 5.04. The van der Waals surface area contributed by atoms with E-state index in [4.69, 9.17) is 28.4 Å². The van der Waals surface area contributed by atoms with Gasteiger partial charge in [0.25, 0.3) is 0 Å². The first-order valence-corrected chi connectivity index (χ1v) is 11.4. The van der Waals surface area contributed by atoms with Gasteiger partial charge < -0.3 is 28.4 Å². The van der Waals surface area contributed by atoms with Crippen molar-refractivity contribution in [1.82, 2.24) is 4.90 Å². The number of carbonyl (C=O) groups is 3. The third-order valence-electron chi connectivity index (χ3n) is 6.51. The van der Waals surface area contributed by atoms with E-state index in [9.17, 15) is 14.4 Å². The highest BCUT2D eigenvalue weighted by molar-refractivity contribution is 6.10. The second-order valence-corrected chi connectivity index (χ2v) is 8.27. The largest absolute Gasteiger partial charge is 0.513 e. The van der Waals surface area contributed by atoms with Crippen LogP contribution < -0.4 is 18.9 Å². The summed E-state index contributed by atoms with van der Waals surface area (Å²) in [6.45, 7) is 4.06. The number of hydrogen-bond donors (Lipinski definition) is 0. The molecule has 5 rings (SSSR count). The van der Waals surface area contributed by atoms with Crippen LogP contribution in [-0.4, -0.2) is 56.6 Å². The lowest BCUT2D eigenvalue weighted by molar-refractivity contribution is 0.0392. The van der Waals surface area contributed by atoms with E-state index >= 15 is 0 Å². The third-order valence-corrected chi connectivity index (χ3v) is 6.51. The van der Waals surface area contributed by atoms with Crippen LogP contribution in [0.3, 0.4) is 0 Å². The van der Waals surface area contributed by atoms with Crippen molar-refractivity contribution in [2.45, 2.75) is 32.2 Å². The van der Waals surface area contributed by atoms with Crippen molar-refractivity contribution in [3.05, 3.63) is 46.5 Å². The highest BCUT2D eigenvalue weighted by atomic mass is 16.7. The predicted octanol–water partition coefficient (Wildman–Crippen LogP) is 3.61. The van der Waals surface area contributed by atoms with Crippen LogP contribution in [0, 0.1) is 0 Å². The Morgan fingerprint density at radius 2 is 1.74 bits per heavy atom. The number of nitrogens with zero attached hydrogens (tertiary/aromatic N) is 1. The minimum Gasteiger partial charge on any atom is -0.493 e. The predicted molar refractivity (Wildman–Crippen MR) is 120 cm³/mol. The van der Waals surface area contributed by atoms with E-state index in [1.54, 1.807) is 38.1 Å². The third kappa shape index (κ3) is 3.51. The maximum atomic E-state index is 14.1. The molecule has 0 saturated heterocycles. The van der Waals surface area contributed by atoms with Crippen molar-refractivity contribution in [2.75, 3.05) is 33.7 Å². The highest BCUT2D eigenvalue weighted by Gasteiger charge is 2.56. The summed E-state index contributed by atoms with van der Waals surface area (Å²) in [5.41, 5.74) is 1.20. The Kier molecular flexibility index (Phi) is 5.66. The van der Waals surface area contributed by atoms with E-state index < -0.39 is 17.8 Å². The number of carbonyl (C=O) groups excluding carboxylic acids is 3. The average Bonchev–Trinajstić information content (AvgIpc) is 3.40. The summed E-state index contributed by atoms with van der Waals surface area (Å²) in [6.07, 6.45) is -0.788. The molecule has 1 atom stereocenters. The van der Waals surface area contributed by atoms with Crippen LogP contribution in [-0.2, 0) is 27.9 Å². The van der Waals surface area contributed by atoms with Crippen LogP contribution >= 0.6 is 0 Å². The van der Waals surface area contributed by atoms with Gasteiger partial charge in [0.1, 0.15) is 5.54 Å². The molecule has 1 spiro atoms. The van der Waals surface area contributed by atoms with E-state index in [0.29, 0.717) is 29.0 Å². The van der Waals surface area contributed by atoms with Crippen molar-refractivity contribution in [3.8, 4) is 23.0 Å². The normalized spacial score (nSPS) is 19.3. The number of benzene rings is 2. The van der Waals surface area contributed by atoms with Crippen LogP contribution in [0.1, 0.15) is 40.9 Å². The summed E-state index contributed by atoms with van der Waals surface area (Å²) in [7, 11) is 1.43. The molecule has 0 radical (unpaired) electrons. The molecule has 2 aromatic rings. The smallest absolute Gasteiger partial charge is 0.493 e. The Balaban J connectivity index is 1.65. The molecule has 0 bridgehead atoms. The molecule has 35 heavy (non-hydrogen) atoms. The molecule has 0 N–H and O–H groups in total. The first kappa shape index (κ1) is 22.8. The standard InChI is InChI=1S/C25H25NO9/c1-4-31-23(28)26-7-6-14-8-21(35-24(29)32-5-2)18(30-3)11-17(14)25(26)12-15-9-19-20(34-13-33-19)10-16(15)22(25)27/h8-11H,4-7,12-13H2,1-3H3. The Hall–Kier alpha value is -3.95. The Bertz CT molecular complexity index is 1220. The van der Waals surface area contributed by atoms with E-state index in [0.717, 1.165) is 11.1 Å². The number of methoxy groups -OCH3 is 1. The highest BCUT2D eigenvalue weighted by Crippen LogP contribution is 2.51. The Morgan fingerprint density at radius 3 is 2.46 bits per heavy atom. The van der Waals surface area contributed by atoms with Gasteiger partial charge in [-0.2, -0.15) is 0 Å². The molecule has 10 heteroatoms. The van der Waals surface area contributed by atoms with Gasteiger partial charge in [-0.25, -0.2) is 9.59 Å². The number of ether oxygens (including phenoxy) is 6. The second-order valence-electron chi connectivity index (χ2n) is 8.27. The van der Waals surface area contributed by atoms with Gasteiger partial charge in [-0.3, -0.25) is 9.69 Å². The van der Waals surface area contributed by atoms with Gasteiger partial charge in [-0.15, -0.1) is 0 Å². The fourth-order valence-electron chi connectivity index (χ4n) is 5.04. The van der Waals surface area contributed by atoms with Gasteiger partial charge >= 0.3 is 12.2 Å². The van der Waals surface area contributed by atoms with Crippen molar-refractivity contribution < 1.29 is 42.8 Å². The van der Waals surface area contributed by atoms with E-state index in [2.05, 4.69) is 0 Å². The summed E-state index contributed by atoms with van der Waals surface area (Å²) >= 11 is 0. The molecule has 0 fully saturated rings. The first-order chi connectivity index (χ1) is 16.9. The van der Waals surface area contributed by atoms with Gasteiger partial charge in [0.2, 0.25) is 6.79 Å². The van der Waals surface area contributed by atoms with Crippen molar-refractivity contribution in [1.29, 1.82) is 0 Å². The monoisotopic (exact) mass is 483 g/mol. The summed E-state index contributed by atoms with van der Waals surface area (Å²) < 4.78 is 32.1. The molecule has 1 amide bonds. The molecule has 2 aliphatic heterocycles. The summed E-state index contributed by atoms with van der Waals surface area (Å²) in [5, 5.41) is 0. The lowest BCUT2D eigenvalue weighted by Crippen LogP contribution is -2.57. The zero-order valence-corrected chi connectivity index (χ0v) is 19.7. The number of fused-ring (bicyclic) bond motifs is 4. The molecule has 2 heterocycles. The molecule has 184 valence electrons. The molecule has 10 nitrogen and oxygen atoms in total. The molecule has 1 unspecified atom stereocenters. The van der Waals surface area contributed by atoms with E-state index in [-0.39, 0.29) is 50.3 Å². The van der Waals surface area contributed by atoms with Gasteiger partial charge in [-0.1, -0.05) is 0 Å². The zero-order chi connectivity index (χ0) is 24.7. The van der Waals surface area contributed by atoms with Crippen LogP contribution in [0.15, 0.2) is 24.3 Å². The second kappa shape index (κ2) is 8.68. The molecule has 1 aliphatic carbocycles. The van der Waals surface area contributed by atoms with Crippen LogP contribution in [0.2, 0.25) is 0 Å². The average molecular weight is 483 g/mol. The van der Waals surface area contributed by atoms with Crippen molar-refractivity contribution >= 4 is 18.0 Å². The lowest BCUT2D eigenvalue weighted by Gasteiger charge is -2.44. The SMILES string of the molecule is CCOC(=O)Oc1cc2c(cc1OC)C1(Cc3cc4c(cc3C1=O)OCO4)N(C(=O)OCC)CC2. The molecule has 2 aromatic carbocycles. The zero-order valence-electron chi connectivity index (χ0n) is 19.7. The lowest BCUT2D eigenvalue weighted by atomic mass is 9.77. The number of Topliss-reactive ketones (excluding diaryl/α,β-unsaturated/α-hetero) is 1. The molecular weight excluding hydrogens is 458 g/mol. The minimum absolute atomic E-state index is 0.0930. The Morgan fingerprint density at radius 1 is 1.00 bits per heavy atom. The van der Waals surface area contributed by atoms with Crippen molar-refractivity contribution in [3.63, 3.8) is 0 Å². The maximum Gasteiger partial charge on any atom is 0.513 e. The first-order valence-electron chi connectivity index (χ1n) is 11.4. The summed E-state index contributed by atoms with van der Waals surface area (Å²) in [6, 6.07) is 6.77. The van der Waals surface area contributed by atoms with Crippen LogP contribution in [0.25, 0.3) is 0 Å². The molecule has 0 saturated carbocycles. The number of amides is 1. The fraction of sp³-hybridized carbons (Fsp3) is 0.400. The quantitative estimate of drug-likeness (QED) is 0.476. The molecular formula is C25H25NO9. The van der Waals surface area contributed by atoms with Gasteiger partial charge in [0.15, 0.2) is 28.8 Å². The van der Waals surface area contributed by atoms with Crippen LogP contribution in [0.5, 0.6) is 23.0 Å². The Labute approximate surface area is 201 Å². The summed E-state index contributed by atoms with van der Waals surface area (Å²) in [4.78, 5) is 40.6. The van der Waals surface area contributed by atoms with Gasteiger partial charge in [0.05, 0.1) is 20.3 Å². The van der Waals surface area contributed by atoms with E-state index in [1.807, 2.05) is 0 Å². The number of rotatable bonds is 4. The topological polar surface area (TPSA) is 110 Å². The maximum absolute atomic E-state index is 14.1. The van der Waals surface area contributed by atoms with Gasteiger partial charge in [-0.05, 0) is 61.2 Å². The van der Waals surface area contributed by atoms with Crippen LogP contribution in [0.4, 0.5) is 9.59 Å².